The van der Waals surface area contributed by atoms with Gasteiger partial charge >= 0.3 is 0 Å². The van der Waals surface area contributed by atoms with Crippen molar-refractivity contribution in [1.29, 1.82) is 0 Å². The summed E-state index contributed by atoms with van der Waals surface area (Å²) in [5.41, 5.74) is 0.845. The van der Waals surface area contributed by atoms with Crippen LogP contribution in [0.5, 0.6) is 5.75 Å². The Balaban J connectivity index is 1.65. The van der Waals surface area contributed by atoms with Gasteiger partial charge in [-0.15, -0.1) is 0 Å². The maximum atomic E-state index is 12.6. The molecule has 0 aromatic heterocycles. The predicted octanol–water partition coefficient (Wildman–Crippen LogP) is 3.15. The standard InChI is InChI=1S/C22H28N2O3/c1-22(2,3)24-14-16(13-20(24)25)21(26)23-12-11-18-17-8-6-5-7-15(17)9-10-19(18)27-4/h5-10,16H,11-14H2,1-4H3,(H,23,26). The molecule has 5 nitrogen and oxygen atoms in total. The molecule has 144 valence electrons. The lowest BCUT2D eigenvalue weighted by Crippen LogP contribution is -2.43. The molecular weight excluding hydrogens is 340 g/mol. The number of carbonyl (C=O) groups excluding carboxylic acids is 2. The zero-order valence-corrected chi connectivity index (χ0v) is 16.5. The molecule has 5 heteroatoms. The Morgan fingerprint density at radius 2 is 1.96 bits per heavy atom. The van der Waals surface area contributed by atoms with Crippen LogP contribution in [0.2, 0.25) is 0 Å². The summed E-state index contributed by atoms with van der Waals surface area (Å²) < 4.78 is 5.51. The average molecular weight is 368 g/mol. The van der Waals surface area contributed by atoms with Crippen molar-refractivity contribution in [3.05, 3.63) is 42.0 Å². The van der Waals surface area contributed by atoms with Crippen LogP contribution >= 0.6 is 0 Å². The van der Waals surface area contributed by atoms with Crippen LogP contribution in [0.25, 0.3) is 10.8 Å². The maximum absolute atomic E-state index is 12.6. The van der Waals surface area contributed by atoms with Crippen LogP contribution in [-0.2, 0) is 16.0 Å². The van der Waals surface area contributed by atoms with Gasteiger partial charge in [0.25, 0.3) is 0 Å². The normalized spacial score (nSPS) is 17.4. The number of nitrogens with zero attached hydrogens (tertiary/aromatic N) is 1. The van der Waals surface area contributed by atoms with Crippen molar-refractivity contribution in [1.82, 2.24) is 10.2 Å². The number of hydrogen-bond acceptors (Lipinski definition) is 3. The number of amides is 2. The molecular formula is C22H28N2O3. The largest absolute Gasteiger partial charge is 0.496 e. The van der Waals surface area contributed by atoms with Gasteiger partial charge in [-0.3, -0.25) is 9.59 Å². The average Bonchev–Trinajstić information content (AvgIpc) is 3.04. The molecule has 2 aromatic rings. The number of methoxy groups -OCH3 is 1. The van der Waals surface area contributed by atoms with E-state index in [1.807, 2.05) is 45.0 Å². The van der Waals surface area contributed by atoms with Crippen LogP contribution in [0.4, 0.5) is 0 Å². The fraction of sp³-hybridized carbons (Fsp3) is 0.455. The number of carbonyl (C=O) groups is 2. The fourth-order valence-corrected chi connectivity index (χ4v) is 3.75. The number of hydrogen-bond donors (Lipinski definition) is 1. The Morgan fingerprint density at radius 3 is 2.63 bits per heavy atom. The Morgan fingerprint density at radius 1 is 1.22 bits per heavy atom. The van der Waals surface area contributed by atoms with Crippen molar-refractivity contribution in [2.45, 2.75) is 39.2 Å². The third-order valence-electron chi connectivity index (χ3n) is 5.20. The molecule has 1 fully saturated rings. The van der Waals surface area contributed by atoms with Gasteiger partial charge in [0.1, 0.15) is 5.75 Å². The zero-order chi connectivity index (χ0) is 19.6. The molecule has 0 spiro atoms. The van der Waals surface area contributed by atoms with E-state index in [1.165, 1.54) is 0 Å². The van der Waals surface area contributed by atoms with Gasteiger partial charge in [0.2, 0.25) is 11.8 Å². The summed E-state index contributed by atoms with van der Waals surface area (Å²) in [6.45, 7) is 7.00. The molecule has 0 aliphatic carbocycles. The second-order valence-electron chi connectivity index (χ2n) is 8.08. The topological polar surface area (TPSA) is 58.6 Å². The van der Waals surface area contributed by atoms with E-state index in [1.54, 1.807) is 12.0 Å². The smallest absolute Gasteiger partial charge is 0.225 e. The second-order valence-corrected chi connectivity index (χ2v) is 8.08. The Hall–Kier alpha value is -2.56. The van der Waals surface area contributed by atoms with Gasteiger partial charge in [0.05, 0.1) is 13.0 Å². The lowest BCUT2D eigenvalue weighted by atomic mass is 10.0. The molecule has 0 radical (unpaired) electrons. The van der Waals surface area contributed by atoms with E-state index < -0.39 is 0 Å². The van der Waals surface area contributed by atoms with Gasteiger partial charge in [-0.1, -0.05) is 30.3 Å². The first kappa shape index (κ1) is 19.2. The number of rotatable bonds is 5. The highest BCUT2D eigenvalue weighted by molar-refractivity contribution is 5.90. The molecule has 1 aliphatic heterocycles. The van der Waals surface area contributed by atoms with Crippen molar-refractivity contribution in [2.24, 2.45) is 5.92 Å². The Kier molecular flexibility index (Phi) is 5.40. The first-order valence-corrected chi connectivity index (χ1v) is 9.44. The van der Waals surface area contributed by atoms with E-state index in [2.05, 4.69) is 17.4 Å². The van der Waals surface area contributed by atoms with Crippen molar-refractivity contribution in [3.63, 3.8) is 0 Å². The third-order valence-corrected chi connectivity index (χ3v) is 5.20. The van der Waals surface area contributed by atoms with Gasteiger partial charge in [0.15, 0.2) is 0 Å². The monoisotopic (exact) mass is 368 g/mol. The molecule has 1 saturated heterocycles. The lowest BCUT2D eigenvalue weighted by Gasteiger charge is -2.31. The fourth-order valence-electron chi connectivity index (χ4n) is 3.75. The van der Waals surface area contributed by atoms with E-state index in [-0.39, 0.29) is 23.3 Å². The number of likely N-dealkylation sites (tertiary alicyclic amines) is 1. The number of benzene rings is 2. The summed E-state index contributed by atoms with van der Waals surface area (Å²) in [6.07, 6.45) is 0.973. The Bertz CT molecular complexity index is 854. The van der Waals surface area contributed by atoms with Crippen LogP contribution < -0.4 is 10.1 Å². The molecule has 2 amide bonds. The second kappa shape index (κ2) is 7.59. The van der Waals surface area contributed by atoms with Crippen LogP contribution in [0.3, 0.4) is 0 Å². The van der Waals surface area contributed by atoms with E-state index >= 15 is 0 Å². The summed E-state index contributed by atoms with van der Waals surface area (Å²) >= 11 is 0. The van der Waals surface area contributed by atoms with Crippen molar-refractivity contribution >= 4 is 22.6 Å². The summed E-state index contributed by atoms with van der Waals surface area (Å²) in [5.74, 6) is 0.566. The molecule has 1 aliphatic rings. The van der Waals surface area contributed by atoms with Gasteiger partial charge in [0, 0.05) is 30.6 Å². The minimum absolute atomic E-state index is 0.0469. The molecule has 1 heterocycles. The first-order valence-electron chi connectivity index (χ1n) is 9.44. The lowest BCUT2D eigenvalue weighted by molar-refractivity contribution is -0.132. The third kappa shape index (κ3) is 4.07. The molecule has 1 unspecified atom stereocenters. The summed E-state index contributed by atoms with van der Waals surface area (Å²) in [5, 5.41) is 5.30. The van der Waals surface area contributed by atoms with Crippen LogP contribution in [0.1, 0.15) is 32.8 Å². The van der Waals surface area contributed by atoms with Crippen LogP contribution in [0.15, 0.2) is 36.4 Å². The van der Waals surface area contributed by atoms with Gasteiger partial charge in [-0.2, -0.15) is 0 Å². The molecule has 1 atom stereocenters. The molecule has 2 aromatic carbocycles. The quantitative estimate of drug-likeness (QED) is 0.882. The molecule has 1 N–H and O–H groups in total. The van der Waals surface area contributed by atoms with Gasteiger partial charge in [-0.25, -0.2) is 0 Å². The van der Waals surface area contributed by atoms with Crippen LogP contribution in [-0.4, -0.2) is 42.5 Å². The van der Waals surface area contributed by atoms with Gasteiger partial charge < -0.3 is 15.0 Å². The highest BCUT2D eigenvalue weighted by Crippen LogP contribution is 2.29. The summed E-state index contributed by atoms with van der Waals surface area (Å²) in [7, 11) is 1.66. The van der Waals surface area contributed by atoms with E-state index in [9.17, 15) is 9.59 Å². The molecule has 0 bridgehead atoms. The van der Waals surface area contributed by atoms with Gasteiger partial charge in [-0.05, 0) is 44.0 Å². The highest BCUT2D eigenvalue weighted by atomic mass is 16.5. The van der Waals surface area contributed by atoms with Crippen molar-refractivity contribution < 1.29 is 14.3 Å². The molecule has 0 saturated carbocycles. The maximum Gasteiger partial charge on any atom is 0.225 e. The summed E-state index contributed by atoms with van der Waals surface area (Å²) in [4.78, 5) is 26.5. The van der Waals surface area contributed by atoms with Crippen molar-refractivity contribution in [2.75, 3.05) is 20.2 Å². The molecule has 3 rings (SSSR count). The van der Waals surface area contributed by atoms with E-state index in [0.29, 0.717) is 25.9 Å². The number of nitrogens with one attached hydrogen (secondary N) is 1. The predicted molar refractivity (Wildman–Crippen MR) is 107 cm³/mol. The number of fused-ring (bicyclic) bond motifs is 1. The summed E-state index contributed by atoms with van der Waals surface area (Å²) in [6, 6.07) is 12.2. The number of ether oxygens (including phenoxy) is 1. The van der Waals surface area contributed by atoms with E-state index in [0.717, 1.165) is 22.1 Å². The highest BCUT2D eigenvalue weighted by Gasteiger charge is 2.39. The minimum atomic E-state index is -0.272. The van der Waals surface area contributed by atoms with Crippen molar-refractivity contribution in [3.8, 4) is 5.75 Å². The SMILES string of the molecule is COc1ccc2ccccc2c1CCNC(=O)C1CC(=O)N(C(C)(C)C)C1. The molecule has 27 heavy (non-hydrogen) atoms. The Labute approximate surface area is 160 Å². The minimum Gasteiger partial charge on any atom is -0.496 e. The van der Waals surface area contributed by atoms with E-state index in [4.69, 9.17) is 4.74 Å². The zero-order valence-electron chi connectivity index (χ0n) is 16.5. The van der Waals surface area contributed by atoms with Crippen LogP contribution in [0, 0.1) is 5.92 Å². The first-order chi connectivity index (χ1) is 12.8.